The maximum Gasteiger partial charge on any atom is 0.0174 e. The summed E-state index contributed by atoms with van der Waals surface area (Å²) in [6.45, 7) is 8.00. The lowest BCUT2D eigenvalue weighted by atomic mass is 9.99. The molecule has 1 saturated heterocycles. The Morgan fingerprint density at radius 1 is 1.53 bits per heavy atom. The average Bonchev–Trinajstić information content (AvgIpc) is 2.28. The molecule has 1 rings (SSSR count). The first-order valence-corrected chi connectivity index (χ1v) is 6.48. The van der Waals surface area contributed by atoms with E-state index in [9.17, 15) is 0 Å². The normalized spacial score (nSPS) is 22.7. The van der Waals surface area contributed by atoms with Crippen LogP contribution in [0.25, 0.3) is 0 Å². The van der Waals surface area contributed by atoms with Gasteiger partial charge in [-0.15, -0.1) is 0 Å². The van der Waals surface area contributed by atoms with Gasteiger partial charge in [-0.05, 0) is 44.8 Å². The standard InChI is InChI=1S/C12H23ClN2/c1-2-8-15(9-4-6-13)11-12-5-3-7-14-10-12/h4,6,12,14H,2-3,5,7-11H2,1H3/b6-4+. The maximum atomic E-state index is 5.57. The van der Waals surface area contributed by atoms with Crippen molar-refractivity contribution in [1.29, 1.82) is 0 Å². The number of hydrogen-bond donors (Lipinski definition) is 1. The summed E-state index contributed by atoms with van der Waals surface area (Å²) >= 11 is 5.57. The average molecular weight is 231 g/mol. The van der Waals surface area contributed by atoms with Crippen LogP contribution in [0.5, 0.6) is 0 Å². The Morgan fingerprint density at radius 3 is 3.00 bits per heavy atom. The van der Waals surface area contributed by atoms with Gasteiger partial charge >= 0.3 is 0 Å². The van der Waals surface area contributed by atoms with E-state index in [-0.39, 0.29) is 0 Å². The number of hydrogen-bond acceptors (Lipinski definition) is 2. The molecule has 1 aliphatic heterocycles. The van der Waals surface area contributed by atoms with Crippen molar-refractivity contribution in [2.45, 2.75) is 26.2 Å². The van der Waals surface area contributed by atoms with Gasteiger partial charge in [0.15, 0.2) is 0 Å². The molecule has 0 aliphatic carbocycles. The Balaban J connectivity index is 2.27. The van der Waals surface area contributed by atoms with E-state index in [1.807, 2.05) is 6.08 Å². The molecule has 1 N–H and O–H groups in total. The number of nitrogens with one attached hydrogen (secondary N) is 1. The molecular formula is C12H23ClN2. The summed E-state index contributed by atoms with van der Waals surface area (Å²) in [5, 5.41) is 3.47. The van der Waals surface area contributed by atoms with Crippen LogP contribution in [0.2, 0.25) is 0 Å². The SMILES string of the molecule is CCCN(C/C=C/Cl)CC1CCCNC1. The fourth-order valence-electron chi connectivity index (χ4n) is 2.21. The van der Waals surface area contributed by atoms with Gasteiger partial charge in [0, 0.05) is 18.6 Å². The van der Waals surface area contributed by atoms with Crippen LogP contribution in [0, 0.1) is 5.92 Å². The van der Waals surface area contributed by atoms with Gasteiger partial charge < -0.3 is 5.32 Å². The molecule has 1 heterocycles. The first-order chi connectivity index (χ1) is 7.36. The van der Waals surface area contributed by atoms with E-state index in [1.165, 1.54) is 45.4 Å². The fourth-order valence-corrected chi connectivity index (χ4v) is 2.29. The summed E-state index contributed by atoms with van der Waals surface area (Å²) < 4.78 is 0. The molecule has 0 aromatic carbocycles. The molecule has 0 radical (unpaired) electrons. The van der Waals surface area contributed by atoms with Crippen LogP contribution < -0.4 is 5.32 Å². The second-order valence-electron chi connectivity index (χ2n) is 4.33. The molecule has 0 aromatic rings. The molecule has 88 valence electrons. The molecular weight excluding hydrogens is 208 g/mol. The Labute approximate surface area is 98.7 Å². The zero-order chi connectivity index (χ0) is 10.9. The molecule has 0 bridgehead atoms. The van der Waals surface area contributed by atoms with Crippen LogP contribution in [-0.2, 0) is 0 Å². The second kappa shape index (κ2) is 8.14. The van der Waals surface area contributed by atoms with Gasteiger partial charge in [-0.1, -0.05) is 24.6 Å². The number of piperidine rings is 1. The number of nitrogens with zero attached hydrogens (tertiary/aromatic N) is 1. The first kappa shape index (κ1) is 13.0. The summed E-state index contributed by atoms with van der Waals surface area (Å²) in [5.41, 5.74) is 1.63. The van der Waals surface area contributed by atoms with E-state index in [0.717, 1.165) is 12.5 Å². The van der Waals surface area contributed by atoms with Gasteiger partial charge in [-0.2, -0.15) is 0 Å². The topological polar surface area (TPSA) is 15.3 Å². The minimum atomic E-state index is 0.828. The molecule has 1 fully saturated rings. The summed E-state index contributed by atoms with van der Waals surface area (Å²) in [4.78, 5) is 2.50. The van der Waals surface area contributed by atoms with Crippen molar-refractivity contribution in [2.75, 3.05) is 32.7 Å². The van der Waals surface area contributed by atoms with Crippen LogP contribution in [0.3, 0.4) is 0 Å². The highest BCUT2D eigenvalue weighted by atomic mass is 35.5. The van der Waals surface area contributed by atoms with Gasteiger partial charge in [0.1, 0.15) is 0 Å². The molecule has 0 aromatic heterocycles. The molecule has 1 atom stereocenters. The van der Waals surface area contributed by atoms with Crippen LogP contribution in [0.1, 0.15) is 26.2 Å². The highest BCUT2D eigenvalue weighted by molar-refractivity contribution is 6.25. The van der Waals surface area contributed by atoms with E-state index in [1.54, 1.807) is 5.54 Å². The van der Waals surface area contributed by atoms with E-state index in [2.05, 4.69) is 17.1 Å². The van der Waals surface area contributed by atoms with Crippen molar-refractivity contribution in [3.05, 3.63) is 11.6 Å². The fraction of sp³-hybridized carbons (Fsp3) is 0.833. The van der Waals surface area contributed by atoms with Crippen LogP contribution >= 0.6 is 11.6 Å². The second-order valence-corrected chi connectivity index (χ2v) is 4.59. The Hall–Kier alpha value is -0.0500. The zero-order valence-corrected chi connectivity index (χ0v) is 10.5. The third kappa shape index (κ3) is 5.55. The summed E-state index contributed by atoms with van der Waals surface area (Å²) in [6.07, 6.45) is 5.96. The van der Waals surface area contributed by atoms with Gasteiger partial charge in [0.05, 0.1) is 0 Å². The Bertz CT molecular complexity index is 176. The molecule has 0 amide bonds. The van der Waals surface area contributed by atoms with Gasteiger partial charge in [-0.3, -0.25) is 4.90 Å². The molecule has 2 nitrogen and oxygen atoms in total. The quantitative estimate of drug-likeness (QED) is 0.754. The smallest absolute Gasteiger partial charge is 0.0174 e. The van der Waals surface area contributed by atoms with Crippen LogP contribution in [0.4, 0.5) is 0 Å². The lowest BCUT2D eigenvalue weighted by molar-refractivity contribution is 0.225. The first-order valence-electron chi connectivity index (χ1n) is 6.05. The highest BCUT2D eigenvalue weighted by Crippen LogP contribution is 2.12. The zero-order valence-electron chi connectivity index (χ0n) is 9.71. The van der Waals surface area contributed by atoms with Gasteiger partial charge in [-0.25, -0.2) is 0 Å². The highest BCUT2D eigenvalue weighted by Gasteiger charge is 2.15. The maximum absolute atomic E-state index is 5.57. The lowest BCUT2D eigenvalue weighted by Gasteiger charge is -2.29. The van der Waals surface area contributed by atoms with Crippen molar-refractivity contribution < 1.29 is 0 Å². The van der Waals surface area contributed by atoms with Crippen molar-refractivity contribution >= 4 is 11.6 Å². The van der Waals surface area contributed by atoms with E-state index in [4.69, 9.17) is 11.6 Å². The van der Waals surface area contributed by atoms with Crippen molar-refractivity contribution in [1.82, 2.24) is 10.2 Å². The predicted octanol–water partition coefficient (Wildman–Crippen LogP) is 2.45. The summed E-state index contributed by atoms with van der Waals surface area (Å²) in [6, 6.07) is 0. The van der Waals surface area contributed by atoms with Crippen molar-refractivity contribution in [3.63, 3.8) is 0 Å². The Morgan fingerprint density at radius 2 is 2.40 bits per heavy atom. The largest absolute Gasteiger partial charge is 0.316 e. The lowest BCUT2D eigenvalue weighted by Crippen LogP contribution is -2.38. The molecule has 1 aliphatic rings. The minimum absolute atomic E-state index is 0.828. The third-order valence-electron chi connectivity index (χ3n) is 2.91. The van der Waals surface area contributed by atoms with E-state index in [0.29, 0.717) is 0 Å². The van der Waals surface area contributed by atoms with Crippen LogP contribution in [-0.4, -0.2) is 37.6 Å². The van der Waals surface area contributed by atoms with Gasteiger partial charge in [0.2, 0.25) is 0 Å². The monoisotopic (exact) mass is 230 g/mol. The third-order valence-corrected chi connectivity index (χ3v) is 3.09. The predicted molar refractivity (Wildman–Crippen MR) is 67.3 cm³/mol. The number of halogens is 1. The molecule has 15 heavy (non-hydrogen) atoms. The molecule has 0 saturated carbocycles. The van der Waals surface area contributed by atoms with E-state index >= 15 is 0 Å². The van der Waals surface area contributed by atoms with Crippen molar-refractivity contribution in [2.24, 2.45) is 5.92 Å². The van der Waals surface area contributed by atoms with E-state index < -0.39 is 0 Å². The Kier molecular flexibility index (Phi) is 7.07. The van der Waals surface area contributed by atoms with Gasteiger partial charge in [0.25, 0.3) is 0 Å². The molecule has 3 heteroatoms. The van der Waals surface area contributed by atoms with Crippen LogP contribution in [0.15, 0.2) is 11.6 Å². The summed E-state index contributed by atoms with van der Waals surface area (Å²) in [5.74, 6) is 0.828. The summed E-state index contributed by atoms with van der Waals surface area (Å²) in [7, 11) is 0. The minimum Gasteiger partial charge on any atom is -0.316 e. The number of rotatable bonds is 6. The van der Waals surface area contributed by atoms with Crippen molar-refractivity contribution in [3.8, 4) is 0 Å². The molecule has 0 spiro atoms. The molecule has 1 unspecified atom stereocenters.